The molecular weight excluding hydrogens is 358 g/mol. The van der Waals surface area contributed by atoms with E-state index in [0.29, 0.717) is 25.4 Å². The molecule has 0 unspecified atom stereocenters. The number of urea groups is 1. The molecular formula is C17H21N3O5S. The SMILES string of the molecule is COc1ccc(S(=O)(=O)N2CCN(C(=O)NCc3ccoc3)CC2)cc1. The van der Waals surface area contributed by atoms with Crippen LogP contribution in [0.4, 0.5) is 4.79 Å². The van der Waals surface area contributed by atoms with Crippen LogP contribution in [0.25, 0.3) is 0 Å². The third kappa shape index (κ3) is 4.00. The standard InChI is InChI=1S/C17H21N3O5S/c1-24-15-2-4-16(5-3-15)26(22,23)20-9-7-19(8-10-20)17(21)18-12-14-6-11-25-13-14/h2-6,11,13H,7-10,12H2,1H3,(H,18,21). The molecule has 9 heteroatoms. The number of furan rings is 1. The molecule has 0 radical (unpaired) electrons. The molecule has 1 aromatic carbocycles. The molecule has 1 fully saturated rings. The minimum atomic E-state index is -3.58. The topological polar surface area (TPSA) is 92.1 Å². The summed E-state index contributed by atoms with van der Waals surface area (Å²) in [7, 11) is -2.05. The van der Waals surface area contributed by atoms with Crippen molar-refractivity contribution < 1.29 is 22.4 Å². The van der Waals surface area contributed by atoms with E-state index in [2.05, 4.69) is 5.32 Å². The number of carbonyl (C=O) groups is 1. The number of amides is 2. The Kier molecular flexibility index (Phi) is 5.48. The number of sulfonamides is 1. The number of nitrogens with one attached hydrogen (secondary N) is 1. The fourth-order valence-corrected chi connectivity index (χ4v) is 4.13. The van der Waals surface area contributed by atoms with Crippen LogP contribution < -0.4 is 10.1 Å². The van der Waals surface area contributed by atoms with Crippen molar-refractivity contribution in [3.8, 4) is 5.75 Å². The second-order valence-electron chi connectivity index (χ2n) is 5.86. The Labute approximate surface area is 152 Å². The number of piperazine rings is 1. The minimum Gasteiger partial charge on any atom is -0.497 e. The van der Waals surface area contributed by atoms with E-state index < -0.39 is 10.0 Å². The van der Waals surface area contributed by atoms with Crippen LogP contribution in [-0.4, -0.2) is 56.9 Å². The number of methoxy groups -OCH3 is 1. The quantitative estimate of drug-likeness (QED) is 0.850. The molecule has 8 nitrogen and oxygen atoms in total. The molecule has 1 aliphatic heterocycles. The van der Waals surface area contributed by atoms with E-state index in [9.17, 15) is 13.2 Å². The van der Waals surface area contributed by atoms with Crippen LogP contribution in [0.2, 0.25) is 0 Å². The summed E-state index contributed by atoms with van der Waals surface area (Å²) in [6.45, 7) is 1.57. The number of ether oxygens (including phenoxy) is 1. The van der Waals surface area contributed by atoms with Gasteiger partial charge < -0.3 is 19.4 Å². The first-order valence-electron chi connectivity index (χ1n) is 8.19. The van der Waals surface area contributed by atoms with Crippen molar-refractivity contribution in [2.45, 2.75) is 11.4 Å². The summed E-state index contributed by atoms with van der Waals surface area (Å²) in [5, 5.41) is 2.80. The van der Waals surface area contributed by atoms with Gasteiger partial charge in [-0.2, -0.15) is 4.31 Å². The van der Waals surface area contributed by atoms with Gasteiger partial charge >= 0.3 is 6.03 Å². The number of hydrogen-bond acceptors (Lipinski definition) is 5. The molecule has 0 aliphatic carbocycles. The van der Waals surface area contributed by atoms with Gasteiger partial charge in [-0.3, -0.25) is 0 Å². The highest BCUT2D eigenvalue weighted by Gasteiger charge is 2.30. The van der Waals surface area contributed by atoms with E-state index in [1.54, 1.807) is 35.6 Å². The number of hydrogen-bond donors (Lipinski definition) is 1. The maximum atomic E-state index is 12.7. The van der Waals surface area contributed by atoms with E-state index in [-0.39, 0.29) is 24.0 Å². The minimum absolute atomic E-state index is 0.215. The summed E-state index contributed by atoms with van der Waals surface area (Å²) in [5.41, 5.74) is 0.874. The first-order valence-corrected chi connectivity index (χ1v) is 9.63. The first kappa shape index (κ1) is 18.3. The third-order valence-corrected chi connectivity index (χ3v) is 6.16. The Morgan fingerprint density at radius 1 is 1.15 bits per heavy atom. The molecule has 1 N–H and O–H groups in total. The van der Waals surface area contributed by atoms with Gasteiger partial charge in [0, 0.05) is 38.3 Å². The molecule has 1 saturated heterocycles. The van der Waals surface area contributed by atoms with Crippen LogP contribution in [0.3, 0.4) is 0 Å². The Morgan fingerprint density at radius 3 is 2.42 bits per heavy atom. The van der Waals surface area contributed by atoms with Gasteiger partial charge in [0.15, 0.2) is 0 Å². The van der Waals surface area contributed by atoms with Gasteiger partial charge in [0.25, 0.3) is 0 Å². The van der Waals surface area contributed by atoms with Crippen LogP contribution in [0.1, 0.15) is 5.56 Å². The molecule has 3 rings (SSSR count). The monoisotopic (exact) mass is 379 g/mol. The number of nitrogens with zero attached hydrogens (tertiary/aromatic N) is 2. The molecule has 2 amide bonds. The van der Waals surface area contributed by atoms with Crippen molar-refractivity contribution in [1.29, 1.82) is 0 Å². The normalized spacial score (nSPS) is 15.7. The molecule has 0 spiro atoms. The van der Waals surface area contributed by atoms with Gasteiger partial charge in [-0.1, -0.05) is 0 Å². The van der Waals surface area contributed by atoms with Crippen molar-refractivity contribution in [2.24, 2.45) is 0 Å². The van der Waals surface area contributed by atoms with Gasteiger partial charge in [-0.15, -0.1) is 0 Å². The average molecular weight is 379 g/mol. The van der Waals surface area contributed by atoms with E-state index in [1.165, 1.54) is 23.5 Å². The third-order valence-electron chi connectivity index (χ3n) is 4.25. The molecule has 140 valence electrons. The lowest BCUT2D eigenvalue weighted by atomic mass is 10.3. The van der Waals surface area contributed by atoms with Crippen molar-refractivity contribution in [3.05, 3.63) is 48.4 Å². The van der Waals surface area contributed by atoms with Crippen LogP contribution in [-0.2, 0) is 16.6 Å². The summed E-state index contributed by atoms with van der Waals surface area (Å²) in [6, 6.07) is 7.85. The fraction of sp³-hybridized carbons (Fsp3) is 0.353. The molecule has 0 bridgehead atoms. The van der Waals surface area contributed by atoms with Crippen molar-refractivity contribution in [1.82, 2.24) is 14.5 Å². The van der Waals surface area contributed by atoms with E-state index >= 15 is 0 Å². The van der Waals surface area contributed by atoms with E-state index in [0.717, 1.165) is 5.56 Å². The second-order valence-corrected chi connectivity index (χ2v) is 7.79. The van der Waals surface area contributed by atoms with Gasteiger partial charge in [0.1, 0.15) is 5.75 Å². The smallest absolute Gasteiger partial charge is 0.317 e. The van der Waals surface area contributed by atoms with Crippen molar-refractivity contribution in [3.63, 3.8) is 0 Å². The van der Waals surface area contributed by atoms with Gasteiger partial charge in [-0.25, -0.2) is 13.2 Å². The van der Waals surface area contributed by atoms with E-state index in [1.807, 2.05) is 0 Å². The Bertz CT molecular complexity index is 826. The number of rotatable bonds is 5. The zero-order chi connectivity index (χ0) is 18.6. The fourth-order valence-electron chi connectivity index (χ4n) is 2.71. The van der Waals surface area contributed by atoms with Gasteiger partial charge in [-0.05, 0) is 30.3 Å². The highest BCUT2D eigenvalue weighted by Crippen LogP contribution is 2.20. The van der Waals surface area contributed by atoms with Crippen LogP contribution in [0, 0.1) is 0 Å². The summed E-state index contributed by atoms with van der Waals surface area (Å²) < 4.78 is 36.8. The first-order chi connectivity index (χ1) is 12.5. The maximum Gasteiger partial charge on any atom is 0.317 e. The summed E-state index contributed by atoms with van der Waals surface area (Å²) in [6.07, 6.45) is 3.12. The summed E-state index contributed by atoms with van der Waals surface area (Å²) in [5.74, 6) is 0.600. The van der Waals surface area contributed by atoms with Crippen LogP contribution in [0.5, 0.6) is 5.75 Å². The molecule has 0 saturated carbocycles. The Balaban J connectivity index is 1.55. The van der Waals surface area contributed by atoms with Crippen LogP contribution >= 0.6 is 0 Å². The number of benzene rings is 1. The predicted octanol–water partition coefficient (Wildman–Crippen LogP) is 1.50. The number of carbonyl (C=O) groups excluding carboxylic acids is 1. The largest absolute Gasteiger partial charge is 0.497 e. The molecule has 2 heterocycles. The van der Waals surface area contributed by atoms with E-state index in [4.69, 9.17) is 9.15 Å². The second kappa shape index (κ2) is 7.79. The molecule has 26 heavy (non-hydrogen) atoms. The Hall–Kier alpha value is -2.52. The maximum absolute atomic E-state index is 12.7. The highest BCUT2D eigenvalue weighted by atomic mass is 32.2. The average Bonchev–Trinajstić information content (AvgIpc) is 3.20. The van der Waals surface area contributed by atoms with Gasteiger partial charge in [0.05, 0.1) is 24.5 Å². The lowest BCUT2D eigenvalue weighted by Crippen LogP contribution is -2.52. The summed E-state index contributed by atoms with van der Waals surface area (Å²) in [4.78, 5) is 14.0. The molecule has 2 aromatic rings. The lowest BCUT2D eigenvalue weighted by molar-refractivity contribution is 0.172. The summed E-state index contributed by atoms with van der Waals surface area (Å²) >= 11 is 0. The zero-order valence-electron chi connectivity index (χ0n) is 14.4. The Morgan fingerprint density at radius 2 is 1.85 bits per heavy atom. The lowest BCUT2D eigenvalue weighted by Gasteiger charge is -2.34. The molecule has 1 aromatic heterocycles. The van der Waals surface area contributed by atoms with Crippen LogP contribution in [0.15, 0.2) is 52.2 Å². The van der Waals surface area contributed by atoms with Crippen molar-refractivity contribution in [2.75, 3.05) is 33.3 Å². The molecule has 0 atom stereocenters. The molecule has 1 aliphatic rings. The van der Waals surface area contributed by atoms with Gasteiger partial charge in [0.2, 0.25) is 10.0 Å². The highest BCUT2D eigenvalue weighted by molar-refractivity contribution is 7.89. The zero-order valence-corrected chi connectivity index (χ0v) is 15.2. The van der Waals surface area contributed by atoms with Crippen molar-refractivity contribution >= 4 is 16.1 Å². The predicted molar refractivity (Wildman–Crippen MR) is 94.3 cm³/mol.